The number of carbonyl (C=O) groups excluding carboxylic acids is 1. The van der Waals surface area contributed by atoms with E-state index in [9.17, 15) is 9.59 Å². The van der Waals surface area contributed by atoms with Crippen molar-refractivity contribution in [2.24, 2.45) is 0 Å². The van der Waals surface area contributed by atoms with Crippen LogP contribution < -0.4 is 11.0 Å². The van der Waals surface area contributed by atoms with E-state index in [-0.39, 0.29) is 23.4 Å². The Kier molecular flexibility index (Phi) is 4.34. The molecule has 25 heavy (non-hydrogen) atoms. The Morgan fingerprint density at radius 3 is 2.88 bits per heavy atom. The Morgan fingerprint density at radius 2 is 2.24 bits per heavy atom. The number of amides is 1. The molecular formula is C16H15BrN4O3S. The van der Waals surface area contributed by atoms with E-state index in [1.807, 2.05) is 17.5 Å². The van der Waals surface area contributed by atoms with Crippen LogP contribution in [0.5, 0.6) is 0 Å². The Hall–Kier alpha value is -2.13. The normalized spacial score (nSPS) is 14.0. The third-order valence-electron chi connectivity index (χ3n) is 3.93. The first kappa shape index (κ1) is 16.3. The maximum atomic E-state index is 12.6. The molecular weight excluding hydrogens is 408 g/mol. The van der Waals surface area contributed by atoms with Gasteiger partial charge in [0.1, 0.15) is 0 Å². The topological polar surface area (TPSA) is 82.1 Å². The Morgan fingerprint density at radius 1 is 1.40 bits per heavy atom. The molecule has 1 fully saturated rings. The van der Waals surface area contributed by atoms with Gasteiger partial charge in [0.25, 0.3) is 5.91 Å². The van der Waals surface area contributed by atoms with Gasteiger partial charge in [0.15, 0.2) is 16.3 Å². The fourth-order valence-corrected chi connectivity index (χ4v) is 3.61. The molecule has 0 saturated heterocycles. The predicted molar refractivity (Wildman–Crippen MR) is 96.8 cm³/mol. The van der Waals surface area contributed by atoms with E-state index in [2.05, 4.69) is 26.3 Å². The molecule has 0 unspecified atom stereocenters. The monoisotopic (exact) mass is 422 g/mol. The zero-order valence-electron chi connectivity index (χ0n) is 13.1. The minimum atomic E-state index is -0.321. The minimum absolute atomic E-state index is 0.124. The van der Waals surface area contributed by atoms with Gasteiger partial charge in [-0.25, -0.2) is 9.48 Å². The standard InChI is InChI=1S/C16H15BrN4O3S/c17-13-6-5-11(24-13)15(22)18-7-8-20-16(23)21(10-3-4-10)14(19-20)12-2-1-9-25-12/h1-2,5-6,9-10H,3-4,7-8H2,(H,18,22). The highest BCUT2D eigenvalue weighted by atomic mass is 79.9. The summed E-state index contributed by atoms with van der Waals surface area (Å²) in [6, 6.07) is 7.40. The van der Waals surface area contributed by atoms with Crippen molar-refractivity contribution in [3.63, 3.8) is 0 Å². The summed E-state index contributed by atoms with van der Waals surface area (Å²) in [5.41, 5.74) is -0.124. The van der Waals surface area contributed by atoms with Crippen molar-refractivity contribution >= 4 is 33.2 Å². The second-order valence-corrected chi connectivity index (χ2v) is 7.50. The fourth-order valence-electron chi connectivity index (χ4n) is 2.60. The van der Waals surface area contributed by atoms with E-state index in [0.29, 0.717) is 23.6 Å². The number of hydrogen-bond acceptors (Lipinski definition) is 5. The summed E-state index contributed by atoms with van der Waals surface area (Å²) in [5, 5.41) is 9.19. The summed E-state index contributed by atoms with van der Waals surface area (Å²) in [6.45, 7) is 0.604. The highest BCUT2D eigenvalue weighted by Gasteiger charge is 2.30. The third kappa shape index (κ3) is 3.34. The van der Waals surface area contributed by atoms with Gasteiger partial charge in [0.05, 0.1) is 11.4 Å². The second-order valence-electron chi connectivity index (χ2n) is 5.77. The number of nitrogens with zero attached hydrogens (tertiary/aromatic N) is 3. The van der Waals surface area contributed by atoms with Crippen molar-refractivity contribution < 1.29 is 9.21 Å². The number of hydrogen-bond donors (Lipinski definition) is 1. The van der Waals surface area contributed by atoms with Crippen LogP contribution in [0.3, 0.4) is 0 Å². The van der Waals surface area contributed by atoms with Crippen LogP contribution in [-0.2, 0) is 6.54 Å². The maximum Gasteiger partial charge on any atom is 0.346 e. The quantitative estimate of drug-likeness (QED) is 0.661. The highest BCUT2D eigenvalue weighted by Crippen LogP contribution is 2.37. The van der Waals surface area contributed by atoms with Crippen LogP contribution >= 0.6 is 27.3 Å². The lowest BCUT2D eigenvalue weighted by atomic mass is 10.4. The average Bonchev–Trinajstić information content (AvgIpc) is 3.00. The van der Waals surface area contributed by atoms with Crippen LogP contribution in [0.4, 0.5) is 0 Å². The first-order valence-corrected chi connectivity index (χ1v) is 9.57. The van der Waals surface area contributed by atoms with Crippen molar-refractivity contribution in [2.45, 2.75) is 25.4 Å². The van der Waals surface area contributed by atoms with Crippen molar-refractivity contribution in [3.8, 4) is 10.7 Å². The molecule has 1 amide bonds. The van der Waals surface area contributed by atoms with E-state index in [0.717, 1.165) is 17.7 Å². The number of carbonyl (C=O) groups is 1. The average molecular weight is 423 g/mol. The van der Waals surface area contributed by atoms with Crippen LogP contribution in [0.25, 0.3) is 10.7 Å². The minimum Gasteiger partial charge on any atom is -0.444 e. The summed E-state index contributed by atoms with van der Waals surface area (Å²) >= 11 is 4.72. The number of aromatic nitrogens is 3. The molecule has 1 aliphatic rings. The Balaban J connectivity index is 1.48. The van der Waals surface area contributed by atoms with Crippen molar-refractivity contribution in [3.05, 3.63) is 50.6 Å². The van der Waals surface area contributed by atoms with E-state index >= 15 is 0 Å². The first-order valence-electron chi connectivity index (χ1n) is 7.90. The lowest BCUT2D eigenvalue weighted by molar-refractivity contribution is 0.0923. The van der Waals surface area contributed by atoms with Gasteiger partial charge in [-0.05, 0) is 52.4 Å². The van der Waals surface area contributed by atoms with Gasteiger partial charge >= 0.3 is 5.69 Å². The number of furan rings is 1. The van der Waals surface area contributed by atoms with Crippen LogP contribution in [0.1, 0.15) is 29.4 Å². The molecule has 1 saturated carbocycles. The molecule has 3 aromatic rings. The molecule has 7 nitrogen and oxygen atoms in total. The molecule has 9 heteroatoms. The largest absolute Gasteiger partial charge is 0.444 e. The van der Waals surface area contributed by atoms with Crippen LogP contribution in [-0.4, -0.2) is 26.8 Å². The molecule has 4 rings (SSSR count). The van der Waals surface area contributed by atoms with Crippen molar-refractivity contribution in [1.29, 1.82) is 0 Å². The summed E-state index contributed by atoms with van der Waals surface area (Å²) < 4.78 is 8.90. The highest BCUT2D eigenvalue weighted by molar-refractivity contribution is 9.10. The lowest BCUT2D eigenvalue weighted by Gasteiger charge is -2.02. The second kappa shape index (κ2) is 6.64. The van der Waals surface area contributed by atoms with E-state index in [1.54, 1.807) is 28.0 Å². The molecule has 0 radical (unpaired) electrons. The van der Waals surface area contributed by atoms with E-state index in [1.165, 1.54) is 4.68 Å². The van der Waals surface area contributed by atoms with Crippen LogP contribution in [0, 0.1) is 0 Å². The summed E-state index contributed by atoms with van der Waals surface area (Å²) in [4.78, 5) is 25.6. The SMILES string of the molecule is O=C(NCCn1nc(-c2cccs2)n(C2CC2)c1=O)c1ccc(Br)o1. The van der Waals surface area contributed by atoms with Gasteiger partial charge in [-0.2, -0.15) is 0 Å². The van der Waals surface area contributed by atoms with Crippen molar-refractivity contribution in [2.75, 3.05) is 6.54 Å². The molecule has 3 heterocycles. The molecule has 1 N–H and O–H groups in total. The summed E-state index contributed by atoms with van der Waals surface area (Å²) in [6.07, 6.45) is 2.02. The van der Waals surface area contributed by atoms with Crippen molar-refractivity contribution in [1.82, 2.24) is 19.7 Å². The molecule has 0 aliphatic heterocycles. The summed E-state index contributed by atoms with van der Waals surface area (Å²) in [7, 11) is 0. The maximum absolute atomic E-state index is 12.6. The molecule has 0 atom stereocenters. The summed E-state index contributed by atoms with van der Waals surface area (Å²) in [5.74, 6) is 0.615. The molecule has 0 spiro atoms. The zero-order chi connectivity index (χ0) is 17.4. The number of thiophene rings is 1. The van der Waals surface area contributed by atoms with Gasteiger partial charge in [0.2, 0.25) is 0 Å². The number of rotatable bonds is 6. The van der Waals surface area contributed by atoms with Gasteiger partial charge in [-0.1, -0.05) is 6.07 Å². The predicted octanol–water partition coefficient (Wildman–Crippen LogP) is 2.89. The molecule has 0 bridgehead atoms. The number of halogens is 1. The van der Waals surface area contributed by atoms with Crippen LogP contribution in [0.15, 0.2) is 43.5 Å². The van der Waals surface area contributed by atoms with Gasteiger partial charge in [0, 0.05) is 12.6 Å². The Labute approximate surface area is 155 Å². The fraction of sp³-hybridized carbons (Fsp3) is 0.312. The van der Waals surface area contributed by atoms with Gasteiger partial charge < -0.3 is 9.73 Å². The zero-order valence-corrected chi connectivity index (χ0v) is 15.5. The molecule has 3 aromatic heterocycles. The van der Waals surface area contributed by atoms with Crippen LogP contribution in [0.2, 0.25) is 0 Å². The third-order valence-corrected chi connectivity index (χ3v) is 5.22. The molecule has 1 aliphatic carbocycles. The number of nitrogens with one attached hydrogen (secondary N) is 1. The van der Waals surface area contributed by atoms with E-state index in [4.69, 9.17) is 4.42 Å². The van der Waals surface area contributed by atoms with E-state index < -0.39 is 0 Å². The van der Waals surface area contributed by atoms with Gasteiger partial charge in [-0.15, -0.1) is 16.4 Å². The first-order chi connectivity index (χ1) is 12.1. The smallest absolute Gasteiger partial charge is 0.346 e. The molecule has 0 aromatic carbocycles. The Bertz CT molecular complexity index is 953. The van der Waals surface area contributed by atoms with Gasteiger partial charge in [-0.3, -0.25) is 9.36 Å². The lowest BCUT2D eigenvalue weighted by Crippen LogP contribution is -2.32. The molecule has 130 valence electrons.